The van der Waals surface area contributed by atoms with Crippen LogP contribution < -0.4 is 10.2 Å². The van der Waals surface area contributed by atoms with Gasteiger partial charge in [0.05, 0.1) is 22.7 Å². The van der Waals surface area contributed by atoms with Gasteiger partial charge in [-0.25, -0.2) is 9.69 Å². The average Bonchev–Trinajstić information content (AvgIpc) is 2.41. The molecule has 2 fully saturated rings. The highest BCUT2D eigenvalue weighted by Crippen LogP contribution is 2.36. The van der Waals surface area contributed by atoms with E-state index in [-0.39, 0.29) is 17.5 Å². The van der Waals surface area contributed by atoms with Gasteiger partial charge in [0.15, 0.2) is 0 Å². The SMILES string of the molecule is O=C1CC2(CCCCC2)NC(=O)N1c1ccccc1Cl. The van der Waals surface area contributed by atoms with E-state index in [4.69, 9.17) is 11.6 Å². The van der Waals surface area contributed by atoms with Gasteiger partial charge in [0.1, 0.15) is 0 Å². The molecule has 0 bridgehead atoms. The van der Waals surface area contributed by atoms with Crippen molar-refractivity contribution < 1.29 is 9.59 Å². The van der Waals surface area contributed by atoms with Gasteiger partial charge in [0.2, 0.25) is 5.91 Å². The third-order valence-electron chi connectivity index (χ3n) is 4.22. The summed E-state index contributed by atoms with van der Waals surface area (Å²) in [7, 11) is 0. The molecule has 0 aromatic heterocycles. The lowest BCUT2D eigenvalue weighted by atomic mass is 9.78. The zero-order valence-electron chi connectivity index (χ0n) is 11.2. The molecule has 0 radical (unpaired) electrons. The summed E-state index contributed by atoms with van der Waals surface area (Å²) in [5.74, 6) is -0.163. The maximum atomic E-state index is 12.4. The number of hydrogen-bond acceptors (Lipinski definition) is 2. The average molecular weight is 293 g/mol. The lowest BCUT2D eigenvalue weighted by Crippen LogP contribution is -2.62. The first-order chi connectivity index (χ1) is 9.61. The van der Waals surface area contributed by atoms with Crippen LogP contribution in [0.1, 0.15) is 38.5 Å². The van der Waals surface area contributed by atoms with Gasteiger partial charge in [-0.1, -0.05) is 43.0 Å². The summed E-state index contributed by atoms with van der Waals surface area (Å²) in [6, 6.07) is 6.57. The monoisotopic (exact) mass is 292 g/mol. The normalized spacial score (nSPS) is 21.9. The molecule has 3 amide bonds. The van der Waals surface area contributed by atoms with Crippen LogP contribution in [0.25, 0.3) is 0 Å². The third kappa shape index (κ3) is 2.29. The first kappa shape index (κ1) is 13.4. The van der Waals surface area contributed by atoms with E-state index in [1.807, 2.05) is 0 Å². The predicted octanol–water partition coefficient (Wildman–Crippen LogP) is 3.49. The van der Waals surface area contributed by atoms with Crippen LogP contribution >= 0.6 is 11.6 Å². The Labute approximate surface area is 123 Å². The molecule has 0 unspecified atom stereocenters. The molecule has 106 valence electrons. The molecular formula is C15H17ClN2O2. The van der Waals surface area contributed by atoms with Gasteiger partial charge in [0, 0.05) is 0 Å². The largest absolute Gasteiger partial charge is 0.331 e. The van der Waals surface area contributed by atoms with Crippen molar-refractivity contribution in [2.75, 3.05) is 4.90 Å². The number of para-hydroxylation sites is 1. The minimum absolute atomic E-state index is 0.163. The molecule has 1 spiro atoms. The maximum absolute atomic E-state index is 12.4. The van der Waals surface area contributed by atoms with Crippen molar-refractivity contribution in [3.8, 4) is 0 Å². The van der Waals surface area contributed by atoms with Crippen molar-refractivity contribution in [1.29, 1.82) is 0 Å². The fourth-order valence-corrected chi connectivity index (χ4v) is 3.44. The summed E-state index contributed by atoms with van der Waals surface area (Å²) < 4.78 is 0. The van der Waals surface area contributed by atoms with Crippen molar-refractivity contribution in [2.24, 2.45) is 0 Å². The smallest absolute Gasteiger partial charge is 0.329 e. The highest BCUT2D eigenvalue weighted by Gasteiger charge is 2.44. The summed E-state index contributed by atoms with van der Waals surface area (Å²) in [6.45, 7) is 0. The summed E-state index contributed by atoms with van der Waals surface area (Å²) in [5.41, 5.74) is 0.131. The van der Waals surface area contributed by atoms with Gasteiger partial charge < -0.3 is 5.32 Å². The molecule has 5 heteroatoms. The number of benzene rings is 1. The van der Waals surface area contributed by atoms with Crippen LogP contribution in [0.2, 0.25) is 5.02 Å². The van der Waals surface area contributed by atoms with E-state index in [2.05, 4.69) is 5.32 Å². The number of rotatable bonds is 1. The van der Waals surface area contributed by atoms with E-state index < -0.39 is 0 Å². The molecule has 20 heavy (non-hydrogen) atoms. The van der Waals surface area contributed by atoms with Crippen molar-refractivity contribution in [1.82, 2.24) is 5.32 Å². The number of hydrogen-bond donors (Lipinski definition) is 1. The number of halogens is 1. The predicted molar refractivity (Wildman–Crippen MR) is 77.9 cm³/mol. The van der Waals surface area contributed by atoms with Gasteiger partial charge >= 0.3 is 6.03 Å². The maximum Gasteiger partial charge on any atom is 0.329 e. The lowest BCUT2D eigenvalue weighted by Gasteiger charge is -2.43. The first-order valence-corrected chi connectivity index (χ1v) is 7.39. The van der Waals surface area contributed by atoms with Gasteiger partial charge in [-0.05, 0) is 25.0 Å². The van der Waals surface area contributed by atoms with Crippen LogP contribution in [0.15, 0.2) is 24.3 Å². The lowest BCUT2D eigenvalue weighted by molar-refractivity contribution is -0.120. The quantitative estimate of drug-likeness (QED) is 0.861. The molecule has 1 aromatic rings. The van der Waals surface area contributed by atoms with Crippen LogP contribution in [-0.2, 0) is 4.79 Å². The molecule has 1 aliphatic carbocycles. The molecule has 1 aliphatic heterocycles. The Balaban J connectivity index is 1.88. The second-order valence-corrected chi connectivity index (χ2v) is 6.04. The Morgan fingerprint density at radius 2 is 1.80 bits per heavy atom. The minimum atomic E-state index is -0.351. The fraction of sp³-hybridized carbons (Fsp3) is 0.467. The molecular weight excluding hydrogens is 276 g/mol. The molecule has 0 atom stereocenters. The minimum Gasteiger partial charge on any atom is -0.331 e. The van der Waals surface area contributed by atoms with Crippen molar-refractivity contribution in [3.05, 3.63) is 29.3 Å². The number of urea groups is 1. The molecule has 3 rings (SSSR count). The van der Waals surface area contributed by atoms with E-state index in [1.54, 1.807) is 24.3 Å². The van der Waals surface area contributed by atoms with Crippen LogP contribution in [0, 0.1) is 0 Å². The summed E-state index contributed by atoms with van der Waals surface area (Å²) in [4.78, 5) is 26.0. The standard InChI is InChI=1S/C15H17ClN2O2/c16-11-6-2-3-7-12(11)18-13(19)10-15(17-14(18)20)8-4-1-5-9-15/h2-3,6-7H,1,4-5,8-10H2,(H,17,20). The molecule has 1 aromatic carbocycles. The highest BCUT2D eigenvalue weighted by atomic mass is 35.5. The van der Waals surface area contributed by atoms with Gasteiger partial charge in [-0.15, -0.1) is 0 Å². The zero-order chi connectivity index (χ0) is 14.2. The summed E-state index contributed by atoms with van der Waals surface area (Å²) in [6.07, 6.45) is 5.46. The highest BCUT2D eigenvalue weighted by molar-refractivity contribution is 6.35. The van der Waals surface area contributed by atoms with Crippen LogP contribution in [-0.4, -0.2) is 17.5 Å². The van der Waals surface area contributed by atoms with Gasteiger partial charge in [-0.2, -0.15) is 0 Å². The third-order valence-corrected chi connectivity index (χ3v) is 4.54. The fourth-order valence-electron chi connectivity index (χ4n) is 3.22. The molecule has 1 saturated heterocycles. The number of imide groups is 1. The summed E-state index contributed by atoms with van der Waals surface area (Å²) >= 11 is 6.09. The number of anilines is 1. The molecule has 1 N–H and O–H groups in total. The number of nitrogens with zero attached hydrogens (tertiary/aromatic N) is 1. The van der Waals surface area contributed by atoms with E-state index >= 15 is 0 Å². The van der Waals surface area contributed by atoms with E-state index in [0.717, 1.165) is 25.7 Å². The second-order valence-electron chi connectivity index (χ2n) is 5.63. The zero-order valence-corrected chi connectivity index (χ0v) is 11.9. The molecule has 1 heterocycles. The number of carbonyl (C=O) groups excluding carboxylic acids is 2. The van der Waals surface area contributed by atoms with E-state index in [9.17, 15) is 9.59 Å². The van der Waals surface area contributed by atoms with Crippen molar-refractivity contribution >= 4 is 29.2 Å². The Morgan fingerprint density at radius 1 is 1.10 bits per heavy atom. The van der Waals surface area contributed by atoms with Crippen LogP contribution in [0.3, 0.4) is 0 Å². The Bertz CT molecular complexity index is 533. The van der Waals surface area contributed by atoms with Crippen LogP contribution in [0.5, 0.6) is 0 Å². The Morgan fingerprint density at radius 3 is 2.45 bits per heavy atom. The van der Waals surface area contributed by atoms with Crippen molar-refractivity contribution in [3.63, 3.8) is 0 Å². The number of carbonyl (C=O) groups is 2. The number of amides is 3. The Hall–Kier alpha value is -1.55. The van der Waals surface area contributed by atoms with E-state index in [0.29, 0.717) is 17.1 Å². The Kier molecular flexibility index (Phi) is 3.42. The van der Waals surface area contributed by atoms with E-state index in [1.165, 1.54) is 11.3 Å². The second kappa shape index (κ2) is 5.09. The molecule has 4 nitrogen and oxygen atoms in total. The number of nitrogens with one attached hydrogen (secondary N) is 1. The summed E-state index contributed by atoms with van der Waals surface area (Å²) in [5, 5.41) is 3.46. The van der Waals surface area contributed by atoms with Crippen molar-refractivity contribution in [2.45, 2.75) is 44.1 Å². The topological polar surface area (TPSA) is 49.4 Å². The van der Waals surface area contributed by atoms with Crippen LogP contribution in [0.4, 0.5) is 10.5 Å². The first-order valence-electron chi connectivity index (χ1n) is 7.01. The van der Waals surface area contributed by atoms with Gasteiger partial charge in [0.25, 0.3) is 0 Å². The van der Waals surface area contributed by atoms with Gasteiger partial charge in [-0.3, -0.25) is 4.79 Å². The molecule has 1 saturated carbocycles. The molecule has 2 aliphatic rings.